The maximum absolute atomic E-state index is 11.9. The first kappa shape index (κ1) is 14.0. The molecule has 0 radical (unpaired) electrons. The van der Waals surface area contributed by atoms with Gasteiger partial charge in [0.1, 0.15) is 6.04 Å². The lowest BCUT2D eigenvalue weighted by molar-refractivity contribution is -0.124. The molecule has 0 heterocycles. The molecular formula is C15H22N2O2. The zero-order valence-electron chi connectivity index (χ0n) is 11.3. The molecule has 3 N–H and O–H groups in total. The van der Waals surface area contributed by atoms with Gasteiger partial charge in [0.2, 0.25) is 5.91 Å². The largest absolute Gasteiger partial charge is 0.383 e. The van der Waals surface area contributed by atoms with Gasteiger partial charge in [-0.1, -0.05) is 30.3 Å². The van der Waals surface area contributed by atoms with Crippen molar-refractivity contribution in [3.63, 3.8) is 0 Å². The van der Waals surface area contributed by atoms with E-state index in [0.29, 0.717) is 5.92 Å². The van der Waals surface area contributed by atoms with Crippen LogP contribution < -0.4 is 11.1 Å². The summed E-state index contributed by atoms with van der Waals surface area (Å²) in [5.74, 6) is 0.480. The van der Waals surface area contributed by atoms with Gasteiger partial charge >= 0.3 is 0 Å². The molecule has 104 valence electrons. The highest BCUT2D eigenvalue weighted by Gasteiger charge is 2.33. The molecule has 1 aliphatic carbocycles. The predicted octanol–water partition coefficient (Wildman–Crippen LogP) is 1.10. The quantitative estimate of drug-likeness (QED) is 0.773. The smallest absolute Gasteiger partial charge is 0.239 e. The van der Waals surface area contributed by atoms with Crippen LogP contribution in [0.25, 0.3) is 0 Å². The van der Waals surface area contributed by atoms with Crippen LogP contribution in [0.1, 0.15) is 18.4 Å². The first-order valence-corrected chi connectivity index (χ1v) is 6.79. The summed E-state index contributed by atoms with van der Waals surface area (Å²) in [6, 6.07) is 9.85. The zero-order valence-corrected chi connectivity index (χ0v) is 11.3. The van der Waals surface area contributed by atoms with Gasteiger partial charge < -0.3 is 15.8 Å². The van der Waals surface area contributed by atoms with E-state index < -0.39 is 6.04 Å². The molecule has 2 rings (SSSR count). The van der Waals surface area contributed by atoms with Gasteiger partial charge in [0, 0.05) is 13.2 Å². The Balaban J connectivity index is 1.91. The van der Waals surface area contributed by atoms with Gasteiger partial charge in [0.05, 0.1) is 6.61 Å². The molecule has 1 amide bonds. The van der Waals surface area contributed by atoms with E-state index in [1.54, 1.807) is 7.11 Å². The molecule has 0 saturated heterocycles. The van der Waals surface area contributed by atoms with Crippen LogP contribution in [-0.4, -0.2) is 31.7 Å². The molecule has 1 aliphatic rings. The number of ether oxygens (including phenoxy) is 1. The van der Waals surface area contributed by atoms with Crippen LogP contribution in [0.4, 0.5) is 0 Å². The fourth-order valence-electron chi connectivity index (χ4n) is 2.25. The van der Waals surface area contributed by atoms with E-state index in [4.69, 9.17) is 10.5 Å². The predicted molar refractivity (Wildman–Crippen MR) is 74.7 cm³/mol. The maximum atomic E-state index is 11.9. The van der Waals surface area contributed by atoms with Gasteiger partial charge in [-0.3, -0.25) is 4.79 Å². The van der Waals surface area contributed by atoms with Crippen molar-refractivity contribution in [1.29, 1.82) is 0 Å². The number of amides is 1. The molecule has 2 atom stereocenters. The Labute approximate surface area is 114 Å². The lowest BCUT2D eigenvalue weighted by Gasteiger charge is -2.20. The average Bonchev–Trinajstić information content (AvgIpc) is 3.23. The van der Waals surface area contributed by atoms with E-state index in [2.05, 4.69) is 17.4 Å². The number of methoxy groups -OCH3 is 1. The summed E-state index contributed by atoms with van der Waals surface area (Å²) in [5, 5.41) is 3.07. The zero-order chi connectivity index (χ0) is 13.7. The van der Waals surface area contributed by atoms with E-state index in [1.807, 2.05) is 18.2 Å². The minimum Gasteiger partial charge on any atom is -0.383 e. The number of hydrogen-bond acceptors (Lipinski definition) is 3. The molecule has 1 fully saturated rings. The van der Waals surface area contributed by atoms with Crippen LogP contribution in [-0.2, 0) is 16.0 Å². The monoisotopic (exact) mass is 262 g/mol. The number of carbonyl (C=O) groups is 1. The molecule has 1 aromatic carbocycles. The second kappa shape index (κ2) is 6.68. The summed E-state index contributed by atoms with van der Waals surface area (Å²) in [7, 11) is 1.55. The number of carbonyl (C=O) groups excluding carboxylic acids is 1. The Kier molecular flexibility index (Phi) is 4.93. The van der Waals surface area contributed by atoms with Crippen molar-refractivity contribution in [2.24, 2.45) is 11.7 Å². The summed E-state index contributed by atoms with van der Waals surface area (Å²) >= 11 is 0. The number of nitrogens with two attached hydrogens (primary N) is 1. The van der Waals surface area contributed by atoms with Crippen LogP contribution in [0, 0.1) is 5.92 Å². The molecule has 2 unspecified atom stereocenters. The Bertz CT molecular complexity index is 404. The number of nitrogens with one attached hydrogen (secondary N) is 1. The molecule has 0 aliphatic heterocycles. The third-order valence-corrected chi connectivity index (χ3v) is 3.50. The lowest BCUT2D eigenvalue weighted by Crippen LogP contribution is -2.48. The minimum atomic E-state index is -0.581. The highest BCUT2D eigenvalue weighted by Crippen LogP contribution is 2.34. The summed E-state index contributed by atoms with van der Waals surface area (Å²) in [6.07, 6.45) is 3.26. The number of benzene rings is 1. The summed E-state index contributed by atoms with van der Waals surface area (Å²) in [4.78, 5) is 11.9. The molecule has 1 saturated carbocycles. The third kappa shape index (κ3) is 4.33. The van der Waals surface area contributed by atoms with Crippen molar-refractivity contribution in [1.82, 2.24) is 5.32 Å². The lowest BCUT2D eigenvalue weighted by atomic mass is 10.0. The van der Waals surface area contributed by atoms with E-state index >= 15 is 0 Å². The van der Waals surface area contributed by atoms with E-state index in [9.17, 15) is 4.79 Å². The highest BCUT2D eigenvalue weighted by atomic mass is 16.5. The number of rotatable bonds is 7. The molecule has 1 aromatic rings. The number of hydrogen-bond donors (Lipinski definition) is 2. The first-order valence-electron chi connectivity index (χ1n) is 6.79. The van der Waals surface area contributed by atoms with Gasteiger partial charge in [-0.15, -0.1) is 0 Å². The summed E-state index contributed by atoms with van der Waals surface area (Å²) < 4.78 is 4.91. The van der Waals surface area contributed by atoms with Gasteiger partial charge in [-0.25, -0.2) is 0 Å². The summed E-state index contributed by atoms with van der Waals surface area (Å²) in [5.41, 5.74) is 7.00. The van der Waals surface area contributed by atoms with Crippen LogP contribution in [0.3, 0.4) is 0 Å². The van der Waals surface area contributed by atoms with Gasteiger partial charge in [-0.2, -0.15) is 0 Å². The molecule has 0 bridgehead atoms. The Morgan fingerprint density at radius 1 is 1.42 bits per heavy atom. The van der Waals surface area contributed by atoms with Crippen LogP contribution in [0.2, 0.25) is 0 Å². The van der Waals surface area contributed by atoms with Gasteiger partial charge in [0.25, 0.3) is 0 Å². The Morgan fingerprint density at radius 3 is 2.68 bits per heavy atom. The van der Waals surface area contributed by atoms with Crippen molar-refractivity contribution >= 4 is 5.91 Å². The molecule has 0 spiro atoms. The van der Waals surface area contributed by atoms with Crippen molar-refractivity contribution in [3.05, 3.63) is 35.9 Å². The molecular weight excluding hydrogens is 240 g/mol. The second-order valence-electron chi connectivity index (χ2n) is 5.20. The molecule has 19 heavy (non-hydrogen) atoms. The topological polar surface area (TPSA) is 64.3 Å². The molecule has 4 heteroatoms. The van der Waals surface area contributed by atoms with Crippen LogP contribution >= 0.6 is 0 Å². The first-order chi connectivity index (χ1) is 9.20. The van der Waals surface area contributed by atoms with E-state index in [0.717, 1.165) is 6.42 Å². The van der Waals surface area contributed by atoms with Crippen LogP contribution in [0.15, 0.2) is 30.3 Å². The van der Waals surface area contributed by atoms with Crippen molar-refractivity contribution < 1.29 is 9.53 Å². The molecule has 0 aromatic heterocycles. The van der Waals surface area contributed by atoms with Gasteiger partial charge in [0.15, 0.2) is 0 Å². The van der Waals surface area contributed by atoms with Crippen LogP contribution in [0.5, 0.6) is 0 Å². The average molecular weight is 262 g/mol. The molecule has 4 nitrogen and oxygen atoms in total. The third-order valence-electron chi connectivity index (χ3n) is 3.50. The highest BCUT2D eigenvalue weighted by molar-refractivity contribution is 5.82. The van der Waals surface area contributed by atoms with E-state index in [-0.39, 0.29) is 18.6 Å². The maximum Gasteiger partial charge on any atom is 0.239 e. The van der Waals surface area contributed by atoms with Crippen molar-refractivity contribution in [3.8, 4) is 0 Å². The Morgan fingerprint density at radius 2 is 2.11 bits per heavy atom. The van der Waals surface area contributed by atoms with Crippen molar-refractivity contribution in [2.45, 2.75) is 31.3 Å². The fourth-order valence-corrected chi connectivity index (χ4v) is 2.25. The normalized spacial score (nSPS) is 17.8. The standard InChI is InChI=1S/C15H22N2O2/c1-19-10-13(16)15(18)17-14(12-7-8-12)9-11-5-3-2-4-6-11/h2-6,12-14H,7-10,16H2,1H3,(H,17,18). The Hall–Kier alpha value is -1.39. The van der Waals surface area contributed by atoms with E-state index in [1.165, 1.54) is 18.4 Å². The SMILES string of the molecule is COCC(N)C(=O)NC(Cc1ccccc1)C1CC1. The minimum absolute atomic E-state index is 0.116. The second-order valence-corrected chi connectivity index (χ2v) is 5.20. The van der Waals surface area contributed by atoms with Gasteiger partial charge in [-0.05, 0) is 30.7 Å². The van der Waals surface area contributed by atoms with Crippen molar-refractivity contribution in [2.75, 3.05) is 13.7 Å². The fraction of sp³-hybridized carbons (Fsp3) is 0.533. The summed E-state index contributed by atoms with van der Waals surface area (Å²) in [6.45, 7) is 0.258.